The smallest absolute Gasteiger partial charge is 0.269 e. The van der Waals surface area contributed by atoms with Gasteiger partial charge >= 0.3 is 0 Å². The van der Waals surface area contributed by atoms with E-state index in [9.17, 15) is 23.4 Å². The minimum absolute atomic E-state index is 0.0357. The molecule has 0 aromatic heterocycles. The first-order valence-corrected chi connectivity index (χ1v) is 6.58. The Bertz CT molecular complexity index is 345. The fourth-order valence-electron chi connectivity index (χ4n) is 1.05. The maximum Gasteiger partial charge on any atom is 0.269 e. The monoisotopic (exact) mass is 287 g/mol. The molecule has 0 fully saturated rings. The molecule has 0 radical (unpaired) electrons. The molecule has 0 aromatic rings. The number of aldehydes is 1. The second-order valence-corrected chi connectivity index (χ2v) is 5.19. The highest BCUT2D eigenvalue weighted by Crippen LogP contribution is 2.09. The average Bonchev–Trinajstić information content (AvgIpc) is 2.33. The minimum atomic E-state index is -4.13. The van der Waals surface area contributed by atoms with E-state index in [1.165, 1.54) is 0 Å². The second-order valence-electron chi connectivity index (χ2n) is 3.48. The maximum atomic E-state index is 11.2. The normalized spacial score (nSPS) is 18.9. The molecule has 0 saturated heterocycles. The summed E-state index contributed by atoms with van der Waals surface area (Å²) in [5.41, 5.74) is 5.01. The summed E-state index contributed by atoms with van der Waals surface area (Å²) in [6, 6.07) is 0. The number of aliphatic hydroxyl groups is 4. The lowest BCUT2D eigenvalue weighted by molar-refractivity contribution is -0.132. The highest BCUT2D eigenvalue weighted by atomic mass is 32.2. The van der Waals surface area contributed by atoms with Crippen molar-refractivity contribution in [1.29, 1.82) is 0 Å². The van der Waals surface area contributed by atoms with E-state index in [1.807, 2.05) is 0 Å². The van der Waals surface area contributed by atoms with Crippen molar-refractivity contribution < 1.29 is 37.8 Å². The van der Waals surface area contributed by atoms with Crippen LogP contribution in [0.2, 0.25) is 0 Å². The van der Waals surface area contributed by atoms with Crippen molar-refractivity contribution in [3.63, 3.8) is 0 Å². The SMILES string of the molecule is NCCS(=O)(=O)O[C@@H](C=O)[C@@H](O)[C@H](O)[C@H](O)CO. The molecule has 0 unspecified atom stereocenters. The molecular weight excluding hydrogens is 270 g/mol. The molecule has 0 rings (SSSR count). The molecule has 0 aliphatic heterocycles. The zero-order chi connectivity index (χ0) is 14.3. The van der Waals surface area contributed by atoms with Gasteiger partial charge in [0.15, 0.2) is 12.4 Å². The number of carbonyl (C=O) groups is 1. The van der Waals surface area contributed by atoms with Gasteiger partial charge in [-0.25, -0.2) is 0 Å². The Morgan fingerprint density at radius 2 is 1.78 bits per heavy atom. The first-order valence-electron chi connectivity index (χ1n) is 5.00. The van der Waals surface area contributed by atoms with Crippen LogP contribution < -0.4 is 5.73 Å². The van der Waals surface area contributed by atoms with Gasteiger partial charge in [0.2, 0.25) is 0 Å². The van der Waals surface area contributed by atoms with Crippen LogP contribution in [-0.2, 0) is 19.1 Å². The molecule has 0 saturated carbocycles. The number of hydrogen-bond acceptors (Lipinski definition) is 9. The summed E-state index contributed by atoms with van der Waals surface area (Å²) in [5, 5.41) is 36.3. The molecule has 0 amide bonds. The molecule has 18 heavy (non-hydrogen) atoms. The molecule has 0 bridgehead atoms. The maximum absolute atomic E-state index is 11.2. The molecule has 0 aliphatic carbocycles. The third-order valence-electron chi connectivity index (χ3n) is 2.03. The molecule has 0 heterocycles. The molecule has 10 heteroatoms. The molecule has 6 N–H and O–H groups in total. The van der Waals surface area contributed by atoms with Crippen molar-refractivity contribution in [2.24, 2.45) is 5.73 Å². The van der Waals surface area contributed by atoms with E-state index in [0.717, 1.165) is 0 Å². The summed E-state index contributed by atoms with van der Waals surface area (Å²) < 4.78 is 26.7. The van der Waals surface area contributed by atoms with Crippen LogP contribution in [-0.4, -0.2) is 78.5 Å². The largest absolute Gasteiger partial charge is 0.394 e. The standard InChI is InChI=1S/C8H17NO8S/c9-1-2-18(15,16)17-6(4-11)8(14)7(13)5(12)3-10/h4-8,10,12-14H,1-3,9H2/t5-,6+,7-,8-/m1/s1. The fraction of sp³-hybridized carbons (Fsp3) is 0.875. The van der Waals surface area contributed by atoms with E-state index >= 15 is 0 Å². The Kier molecular flexibility index (Phi) is 7.47. The van der Waals surface area contributed by atoms with Gasteiger partial charge in [-0.2, -0.15) is 8.42 Å². The Balaban J connectivity index is 4.73. The van der Waals surface area contributed by atoms with Gasteiger partial charge in [-0.3, -0.25) is 4.18 Å². The number of nitrogens with two attached hydrogens (primary N) is 1. The van der Waals surface area contributed by atoms with Crippen molar-refractivity contribution in [2.75, 3.05) is 18.9 Å². The highest BCUT2D eigenvalue weighted by Gasteiger charge is 2.34. The van der Waals surface area contributed by atoms with Gasteiger partial charge in [-0.1, -0.05) is 0 Å². The van der Waals surface area contributed by atoms with Gasteiger partial charge in [0.1, 0.15) is 18.3 Å². The molecule has 0 aromatic carbocycles. The summed E-state index contributed by atoms with van der Waals surface area (Å²) in [4.78, 5) is 10.6. The second kappa shape index (κ2) is 7.74. The van der Waals surface area contributed by atoms with Crippen LogP contribution in [0.3, 0.4) is 0 Å². The third-order valence-corrected chi connectivity index (χ3v) is 3.28. The summed E-state index contributed by atoms with van der Waals surface area (Å²) in [7, 11) is -4.13. The molecular formula is C8H17NO8S. The fourth-order valence-corrected chi connectivity index (χ4v) is 1.93. The predicted molar refractivity (Wildman–Crippen MR) is 58.9 cm³/mol. The Morgan fingerprint density at radius 1 is 1.22 bits per heavy atom. The van der Waals surface area contributed by atoms with E-state index < -0.39 is 46.9 Å². The predicted octanol–water partition coefficient (Wildman–Crippen LogP) is -4.07. The number of aliphatic hydroxyl groups excluding tert-OH is 4. The molecule has 0 aliphatic rings. The van der Waals surface area contributed by atoms with E-state index in [1.54, 1.807) is 0 Å². The van der Waals surface area contributed by atoms with Gasteiger partial charge in [0.25, 0.3) is 10.1 Å². The zero-order valence-electron chi connectivity index (χ0n) is 9.42. The van der Waals surface area contributed by atoms with Crippen molar-refractivity contribution in [1.82, 2.24) is 0 Å². The van der Waals surface area contributed by atoms with Crippen LogP contribution in [0.25, 0.3) is 0 Å². The lowest BCUT2D eigenvalue weighted by Gasteiger charge is -2.25. The highest BCUT2D eigenvalue weighted by molar-refractivity contribution is 7.86. The first kappa shape index (κ1) is 17.4. The van der Waals surface area contributed by atoms with Gasteiger partial charge in [-0.15, -0.1) is 0 Å². The van der Waals surface area contributed by atoms with Crippen LogP contribution >= 0.6 is 0 Å². The number of hydrogen-bond donors (Lipinski definition) is 5. The minimum Gasteiger partial charge on any atom is -0.394 e. The Morgan fingerprint density at radius 3 is 2.17 bits per heavy atom. The van der Waals surface area contributed by atoms with Crippen molar-refractivity contribution in [3.05, 3.63) is 0 Å². The van der Waals surface area contributed by atoms with Crippen LogP contribution in [0.5, 0.6) is 0 Å². The van der Waals surface area contributed by atoms with Gasteiger partial charge < -0.3 is 31.0 Å². The van der Waals surface area contributed by atoms with Crippen molar-refractivity contribution in [2.45, 2.75) is 24.4 Å². The van der Waals surface area contributed by atoms with Crippen LogP contribution in [0.4, 0.5) is 0 Å². The van der Waals surface area contributed by atoms with Crippen LogP contribution in [0, 0.1) is 0 Å². The van der Waals surface area contributed by atoms with E-state index in [0.29, 0.717) is 0 Å². The number of carbonyl (C=O) groups excluding carboxylic acids is 1. The Labute approximate surface area is 104 Å². The summed E-state index contributed by atoms with van der Waals surface area (Å²) in [5.74, 6) is -0.567. The number of rotatable bonds is 9. The van der Waals surface area contributed by atoms with E-state index in [2.05, 4.69) is 4.18 Å². The summed E-state index contributed by atoms with van der Waals surface area (Å²) in [6.45, 7) is -1.12. The third kappa shape index (κ3) is 5.35. The van der Waals surface area contributed by atoms with Gasteiger partial charge in [0.05, 0.1) is 12.4 Å². The van der Waals surface area contributed by atoms with Crippen LogP contribution in [0.15, 0.2) is 0 Å². The van der Waals surface area contributed by atoms with Gasteiger partial charge in [0, 0.05) is 6.54 Å². The first-order chi connectivity index (χ1) is 8.29. The molecule has 108 valence electrons. The van der Waals surface area contributed by atoms with E-state index in [-0.39, 0.29) is 12.8 Å². The van der Waals surface area contributed by atoms with Crippen LogP contribution in [0.1, 0.15) is 0 Å². The topological polar surface area (TPSA) is 167 Å². The molecule has 4 atom stereocenters. The quantitative estimate of drug-likeness (QED) is 0.209. The Hall–Kier alpha value is -0.620. The molecule has 9 nitrogen and oxygen atoms in total. The van der Waals surface area contributed by atoms with Crippen molar-refractivity contribution >= 4 is 16.4 Å². The average molecular weight is 287 g/mol. The lowest BCUT2D eigenvalue weighted by atomic mass is 10.0. The summed E-state index contributed by atoms with van der Waals surface area (Å²) >= 11 is 0. The van der Waals surface area contributed by atoms with Crippen molar-refractivity contribution in [3.8, 4) is 0 Å². The lowest BCUT2D eigenvalue weighted by Crippen LogP contribution is -2.48. The van der Waals surface area contributed by atoms with E-state index in [4.69, 9.17) is 15.9 Å². The zero-order valence-corrected chi connectivity index (χ0v) is 10.2. The molecule has 0 spiro atoms. The summed E-state index contributed by atoms with van der Waals surface area (Å²) in [6.07, 6.45) is -7.59. The van der Waals surface area contributed by atoms with Gasteiger partial charge in [-0.05, 0) is 0 Å².